The molecule has 0 saturated carbocycles. The zero-order valence-corrected chi connectivity index (χ0v) is 10.9. The van der Waals surface area contributed by atoms with Crippen molar-refractivity contribution in [2.75, 3.05) is 0 Å². The van der Waals surface area contributed by atoms with Crippen molar-refractivity contribution in [1.82, 2.24) is 20.2 Å². The number of nitrogens with one attached hydrogen (secondary N) is 3. The third kappa shape index (κ3) is 2.58. The number of aryl methyl sites for hydroxylation is 1. The monoisotopic (exact) mass is 286 g/mol. The molecule has 0 saturated heterocycles. The molecule has 0 radical (unpaired) electrons. The number of hydrazine groups is 1. The smallest absolute Gasteiger partial charge is 0.276 e. The first-order chi connectivity index (χ1) is 8.50. The summed E-state index contributed by atoms with van der Waals surface area (Å²) in [4.78, 5) is 20.2. The molecule has 0 fully saturated rings. The van der Waals surface area contributed by atoms with Crippen molar-refractivity contribution in [3.05, 3.63) is 34.4 Å². The summed E-state index contributed by atoms with van der Waals surface area (Å²) in [5.74, 6) is -0.495. The van der Waals surface area contributed by atoms with Crippen molar-refractivity contribution in [3.63, 3.8) is 0 Å². The average molecular weight is 286 g/mol. The summed E-state index contributed by atoms with van der Waals surface area (Å²) in [5, 5.41) is 1.64. The lowest BCUT2D eigenvalue weighted by Gasteiger charge is -2.06. The summed E-state index contributed by atoms with van der Waals surface area (Å²) in [5.41, 5.74) is 2.93. The predicted molar refractivity (Wildman–Crippen MR) is 65.4 cm³/mol. The number of H-pyrrole nitrogens is 1. The van der Waals surface area contributed by atoms with E-state index in [4.69, 9.17) is 0 Å². The number of nitrogens with zero attached hydrogens (tertiary/aromatic N) is 1. The molecule has 0 bridgehead atoms. The summed E-state index contributed by atoms with van der Waals surface area (Å²) >= 11 is 1.24. The highest BCUT2D eigenvalue weighted by Crippen LogP contribution is 2.14. The minimum atomic E-state index is -3.81. The molecular weight excluding hydrogens is 276 g/mol. The highest BCUT2D eigenvalue weighted by molar-refractivity contribution is 7.89. The Morgan fingerprint density at radius 2 is 2.28 bits per heavy atom. The van der Waals surface area contributed by atoms with Crippen LogP contribution in [0.5, 0.6) is 0 Å². The number of aromatic nitrogens is 2. The van der Waals surface area contributed by atoms with Crippen molar-refractivity contribution in [1.29, 1.82) is 0 Å². The molecule has 0 aromatic carbocycles. The van der Waals surface area contributed by atoms with Gasteiger partial charge >= 0.3 is 0 Å². The Balaban J connectivity index is 2.05. The highest BCUT2D eigenvalue weighted by Gasteiger charge is 2.18. The first-order valence-corrected chi connectivity index (χ1v) is 7.21. The van der Waals surface area contributed by atoms with Crippen molar-refractivity contribution in [2.45, 2.75) is 11.9 Å². The van der Waals surface area contributed by atoms with Crippen LogP contribution in [0.1, 0.15) is 15.2 Å². The molecule has 2 rings (SSSR count). The van der Waals surface area contributed by atoms with Crippen LogP contribution in [-0.4, -0.2) is 24.3 Å². The summed E-state index contributed by atoms with van der Waals surface area (Å²) in [6, 6.07) is 1.78. The number of rotatable bonds is 4. The van der Waals surface area contributed by atoms with E-state index < -0.39 is 15.9 Å². The zero-order chi connectivity index (χ0) is 13.2. The first-order valence-electron chi connectivity index (χ1n) is 4.85. The Kier molecular flexibility index (Phi) is 3.45. The maximum absolute atomic E-state index is 11.7. The van der Waals surface area contributed by atoms with E-state index >= 15 is 0 Å². The van der Waals surface area contributed by atoms with Gasteiger partial charge in [0.2, 0.25) is 0 Å². The van der Waals surface area contributed by atoms with Crippen LogP contribution in [0.2, 0.25) is 0 Å². The molecule has 2 aromatic rings. The number of sulfonamides is 1. The predicted octanol–water partition coefficient (Wildman–Crippen LogP) is 0.403. The van der Waals surface area contributed by atoms with Crippen LogP contribution in [-0.2, 0) is 10.0 Å². The fraction of sp³-hybridized carbons (Fsp3) is 0.111. The van der Waals surface area contributed by atoms with Crippen LogP contribution in [0.25, 0.3) is 0 Å². The minimum absolute atomic E-state index is 0.120. The van der Waals surface area contributed by atoms with Gasteiger partial charge in [0.1, 0.15) is 0 Å². The molecule has 0 aliphatic heterocycles. The van der Waals surface area contributed by atoms with Crippen LogP contribution in [0.3, 0.4) is 0 Å². The molecule has 0 atom stereocenters. The van der Waals surface area contributed by atoms with Crippen molar-refractivity contribution in [2.24, 2.45) is 0 Å². The second kappa shape index (κ2) is 4.88. The molecule has 0 spiro atoms. The maximum atomic E-state index is 11.7. The van der Waals surface area contributed by atoms with Gasteiger partial charge in [-0.05, 0) is 23.9 Å². The number of carbonyl (C=O) groups is 1. The molecule has 1 amide bonds. The van der Waals surface area contributed by atoms with E-state index in [1.807, 2.05) is 4.83 Å². The Hall–Kier alpha value is -1.71. The summed E-state index contributed by atoms with van der Waals surface area (Å²) in [7, 11) is -3.81. The molecule has 96 valence electrons. The van der Waals surface area contributed by atoms with Gasteiger partial charge < -0.3 is 4.98 Å². The van der Waals surface area contributed by atoms with Crippen LogP contribution in [0.15, 0.2) is 29.0 Å². The molecule has 2 heterocycles. The molecular formula is C9H10N4O3S2. The van der Waals surface area contributed by atoms with Gasteiger partial charge in [0.05, 0.1) is 17.4 Å². The Labute approximate surface area is 107 Å². The highest BCUT2D eigenvalue weighted by atomic mass is 32.2. The minimum Gasteiger partial charge on any atom is -0.335 e. The summed E-state index contributed by atoms with van der Waals surface area (Å²) in [6.07, 6.45) is 2.38. The Morgan fingerprint density at radius 1 is 1.50 bits per heavy atom. The molecule has 0 aliphatic carbocycles. The van der Waals surface area contributed by atoms with Crippen molar-refractivity contribution in [3.8, 4) is 0 Å². The van der Waals surface area contributed by atoms with Gasteiger partial charge in [0.15, 0.2) is 5.03 Å². The van der Waals surface area contributed by atoms with Crippen LogP contribution < -0.4 is 10.3 Å². The number of amides is 1. The number of hydrogen-bond acceptors (Lipinski definition) is 5. The number of thiophene rings is 1. The molecule has 0 unspecified atom stereocenters. The van der Waals surface area contributed by atoms with E-state index in [1.165, 1.54) is 17.7 Å². The van der Waals surface area contributed by atoms with Gasteiger partial charge in [-0.3, -0.25) is 10.2 Å². The SMILES string of the molecule is Cc1ccsc1C(=O)NNS(=O)(=O)c1cnc[nH]1. The topological polar surface area (TPSA) is 104 Å². The van der Waals surface area contributed by atoms with Gasteiger partial charge in [-0.1, -0.05) is 0 Å². The third-order valence-corrected chi connectivity index (χ3v) is 4.32. The number of imidazole rings is 1. The van der Waals surface area contributed by atoms with Gasteiger partial charge in [0, 0.05) is 0 Å². The van der Waals surface area contributed by atoms with Crippen molar-refractivity contribution >= 4 is 27.3 Å². The fourth-order valence-electron chi connectivity index (χ4n) is 1.22. The van der Waals surface area contributed by atoms with Crippen LogP contribution >= 0.6 is 11.3 Å². The average Bonchev–Trinajstić information content (AvgIpc) is 2.96. The van der Waals surface area contributed by atoms with E-state index in [1.54, 1.807) is 18.4 Å². The van der Waals surface area contributed by atoms with Gasteiger partial charge in [0.25, 0.3) is 15.9 Å². The fourth-order valence-corrected chi connectivity index (χ4v) is 2.79. The number of hydrogen-bond donors (Lipinski definition) is 3. The quantitative estimate of drug-likeness (QED) is 0.708. The second-order valence-corrected chi connectivity index (χ2v) is 5.98. The van der Waals surface area contributed by atoms with E-state index in [2.05, 4.69) is 15.4 Å². The lowest BCUT2D eigenvalue weighted by molar-refractivity contribution is 0.0948. The maximum Gasteiger partial charge on any atom is 0.276 e. The lowest BCUT2D eigenvalue weighted by atomic mass is 10.3. The van der Waals surface area contributed by atoms with E-state index in [0.717, 1.165) is 11.8 Å². The molecule has 2 aromatic heterocycles. The van der Waals surface area contributed by atoms with E-state index in [0.29, 0.717) is 4.88 Å². The molecule has 3 N–H and O–H groups in total. The lowest BCUT2D eigenvalue weighted by Crippen LogP contribution is -2.41. The molecule has 7 nitrogen and oxygen atoms in total. The van der Waals surface area contributed by atoms with Crippen molar-refractivity contribution < 1.29 is 13.2 Å². The molecule has 9 heteroatoms. The van der Waals surface area contributed by atoms with Gasteiger partial charge in [-0.25, -0.2) is 13.4 Å². The van der Waals surface area contributed by atoms with Gasteiger partial charge in [-0.2, -0.15) is 0 Å². The van der Waals surface area contributed by atoms with Gasteiger partial charge in [-0.15, -0.1) is 16.2 Å². The van der Waals surface area contributed by atoms with Crippen LogP contribution in [0.4, 0.5) is 0 Å². The Morgan fingerprint density at radius 3 is 2.83 bits per heavy atom. The first kappa shape index (κ1) is 12.7. The number of aromatic amines is 1. The molecule has 18 heavy (non-hydrogen) atoms. The normalized spacial score (nSPS) is 11.4. The number of carbonyl (C=O) groups excluding carboxylic acids is 1. The Bertz CT molecular complexity index is 645. The van der Waals surface area contributed by atoms with E-state index in [9.17, 15) is 13.2 Å². The third-order valence-electron chi connectivity index (χ3n) is 2.13. The molecule has 0 aliphatic rings. The second-order valence-electron chi connectivity index (χ2n) is 3.41. The van der Waals surface area contributed by atoms with Crippen LogP contribution in [0, 0.1) is 6.92 Å². The summed E-state index contributed by atoms with van der Waals surface area (Å²) < 4.78 is 23.3. The zero-order valence-electron chi connectivity index (χ0n) is 9.30. The van der Waals surface area contributed by atoms with E-state index in [-0.39, 0.29) is 5.03 Å². The standard InChI is InChI=1S/C9H10N4O3S2/c1-6-2-3-17-8(6)9(14)12-13-18(15,16)7-4-10-5-11-7/h2-5,13H,1H3,(H,10,11)(H,12,14). The summed E-state index contributed by atoms with van der Waals surface area (Å²) in [6.45, 7) is 1.77. The largest absolute Gasteiger partial charge is 0.335 e.